The number of aryl methyl sites for hydroxylation is 1. The van der Waals surface area contributed by atoms with Crippen LogP contribution in [0.4, 0.5) is 4.39 Å². The molecular weight excluding hydrogens is 471 g/mol. The number of hydrogen-bond acceptors (Lipinski definition) is 6. The van der Waals surface area contributed by atoms with Crippen molar-refractivity contribution in [3.63, 3.8) is 0 Å². The highest BCUT2D eigenvalue weighted by atomic mass is 32.2. The highest BCUT2D eigenvalue weighted by Gasteiger charge is 2.29. The fourth-order valence-corrected chi connectivity index (χ4v) is 5.62. The molecule has 1 amide bonds. The van der Waals surface area contributed by atoms with Crippen LogP contribution in [-0.2, 0) is 10.0 Å². The van der Waals surface area contributed by atoms with Crippen molar-refractivity contribution in [1.82, 2.24) is 19.8 Å². The molecule has 1 N–H and O–H groups in total. The molecule has 10 heteroatoms. The van der Waals surface area contributed by atoms with Gasteiger partial charge in [0.25, 0.3) is 11.6 Å². The van der Waals surface area contributed by atoms with Gasteiger partial charge in [0, 0.05) is 24.7 Å². The Morgan fingerprint density at radius 3 is 2.46 bits per heavy atom. The van der Waals surface area contributed by atoms with Crippen LogP contribution >= 0.6 is 0 Å². The van der Waals surface area contributed by atoms with Gasteiger partial charge in [0.2, 0.25) is 10.0 Å². The molecule has 0 aliphatic carbocycles. The summed E-state index contributed by atoms with van der Waals surface area (Å²) in [6.07, 6.45) is 0.971. The predicted molar refractivity (Wildman–Crippen MR) is 128 cm³/mol. The van der Waals surface area contributed by atoms with E-state index in [0.29, 0.717) is 53.8 Å². The van der Waals surface area contributed by atoms with Gasteiger partial charge in [-0.2, -0.15) is 0 Å². The van der Waals surface area contributed by atoms with Crippen molar-refractivity contribution in [3.05, 3.63) is 77.7 Å². The molecule has 8 nitrogen and oxygen atoms in total. The van der Waals surface area contributed by atoms with Crippen LogP contribution in [0.3, 0.4) is 0 Å². The number of piperidine rings is 1. The summed E-state index contributed by atoms with van der Waals surface area (Å²) in [5.41, 5.74) is 2.30. The Morgan fingerprint density at radius 2 is 1.77 bits per heavy atom. The van der Waals surface area contributed by atoms with E-state index in [4.69, 9.17) is 4.52 Å². The van der Waals surface area contributed by atoms with Crippen LogP contribution in [0.25, 0.3) is 22.4 Å². The Hall–Kier alpha value is -3.63. The van der Waals surface area contributed by atoms with Gasteiger partial charge in [-0.15, -0.1) is 0 Å². The first kappa shape index (κ1) is 23.1. The standard InChI is InChI=1S/C25H23FN4O4S/c1-16-23-21(15-22(27-24(23)34-28-16)17-7-9-18(26)10-8-17)25(31)30-13-11-19(12-14-30)29-35(32,33)20-5-3-2-4-6-20/h2-10,15,19,29H,11-14H2,1H3. The summed E-state index contributed by atoms with van der Waals surface area (Å²) >= 11 is 0. The van der Waals surface area contributed by atoms with E-state index < -0.39 is 10.0 Å². The second-order valence-electron chi connectivity index (χ2n) is 8.51. The van der Waals surface area contributed by atoms with Crippen molar-refractivity contribution in [2.45, 2.75) is 30.7 Å². The van der Waals surface area contributed by atoms with Gasteiger partial charge < -0.3 is 9.42 Å². The highest BCUT2D eigenvalue weighted by Crippen LogP contribution is 2.29. The molecule has 2 aromatic heterocycles. The quantitative estimate of drug-likeness (QED) is 0.451. The molecule has 0 unspecified atom stereocenters. The third-order valence-corrected chi connectivity index (χ3v) is 7.68. The number of benzene rings is 2. The Balaban J connectivity index is 1.36. The fourth-order valence-electron chi connectivity index (χ4n) is 4.29. The third kappa shape index (κ3) is 4.67. The lowest BCUT2D eigenvalue weighted by Crippen LogP contribution is -2.46. The van der Waals surface area contributed by atoms with E-state index in [2.05, 4.69) is 14.9 Å². The summed E-state index contributed by atoms with van der Waals surface area (Å²) < 4.78 is 46.8. The van der Waals surface area contributed by atoms with Crippen molar-refractivity contribution < 1.29 is 22.1 Å². The zero-order valence-corrected chi connectivity index (χ0v) is 19.8. The second kappa shape index (κ2) is 9.20. The van der Waals surface area contributed by atoms with Gasteiger partial charge in [-0.1, -0.05) is 23.4 Å². The average molecular weight is 495 g/mol. The van der Waals surface area contributed by atoms with Gasteiger partial charge in [-0.25, -0.2) is 22.5 Å². The van der Waals surface area contributed by atoms with Gasteiger partial charge in [-0.05, 0) is 62.2 Å². The van der Waals surface area contributed by atoms with E-state index in [1.165, 1.54) is 12.1 Å². The van der Waals surface area contributed by atoms with Crippen molar-refractivity contribution >= 4 is 27.0 Å². The molecule has 1 aliphatic heterocycles. The first-order valence-corrected chi connectivity index (χ1v) is 12.7. The summed E-state index contributed by atoms with van der Waals surface area (Å²) in [7, 11) is -3.63. The van der Waals surface area contributed by atoms with E-state index in [-0.39, 0.29) is 28.4 Å². The molecule has 1 fully saturated rings. The molecule has 0 atom stereocenters. The van der Waals surface area contributed by atoms with E-state index in [1.807, 2.05) is 0 Å². The maximum Gasteiger partial charge on any atom is 0.259 e. The van der Waals surface area contributed by atoms with Crippen molar-refractivity contribution in [2.24, 2.45) is 0 Å². The minimum atomic E-state index is -3.63. The highest BCUT2D eigenvalue weighted by molar-refractivity contribution is 7.89. The number of nitrogens with zero attached hydrogens (tertiary/aromatic N) is 3. The number of hydrogen-bond donors (Lipinski definition) is 1. The van der Waals surface area contributed by atoms with Gasteiger partial charge in [-0.3, -0.25) is 4.79 Å². The number of aromatic nitrogens is 2. The van der Waals surface area contributed by atoms with Crippen LogP contribution < -0.4 is 4.72 Å². The normalized spacial score (nSPS) is 15.0. The maximum atomic E-state index is 13.5. The number of pyridine rings is 1. The first-order chi connectivity index (χ1) is 16.8. The number of sulfonamides is 1. The van der Waals surface area contributed by atoms with E-state index in [1.54, 1.807) is 60.4 Å². The van der Waals surface area contributed by atoms with Gasteiger partial charge in [0.15, 0.2) is 0 Å². The van der Waals surface area contributed by atoms with Crippen molar-refractivity contribution in [2.75, 3.05) is 13.1 Å². The molecule has 5 rings (SSSR count). The van der Waals surface area contributed by atoms with Gasteiger partial charge in [0.05, 0.1) is 27.2 Å². The van der Waals surface area contributed by atoms with Crippen LogP contribution in [-0.4, -0.2) is 48.5 Å². The lowest BCUT2D eigenvalue weighted by Gasteiger charge is -2.32. The van der Waals surface area contributed by atoms with Gasteiger partial charge in [0.1, 0.15) is 5.82 Å². The average Bonchev–Trinajstić information content (AvgIpc) is 3.25. The molecule has 1 saturated heterocycles. The smallest absolute Gasteiger partial charge is 0.259 e. The van der Waals surface area contributed by atoms with Gasteiger partial charge >= 0.3 is 0 Å². The Kier molecular flexibility index (Phi) is 6.08. The molecule has 0 spiro atoms. The molecule has 0 saturated carbocycles. The van der Waals surface area contributed by atoms with Crippen molar-refractivity contribution in [3.8, 4) is 11.3 Å². The van der Waals surface area contributed by atoms with Crippen LogP contribution in [0.5, 0.6) is 0 Å². The number of carbonyl (C=O) groups excluding carboxylic acids is 1. The topological polar surface area (TPSA) is 105 Å². The summed E-state index contributed by atoms with van der Waals surface area (Å²) in [4.78, 5) is 19.9. The van der Waals surface area contributed by atoms with Crippen LogP contribution in [0.15, 0.2) is 70.1 Å². The van der Waals surface area contributed by atoms with E-state index >= 15 is 0 Å². The summed E-state index contributed by atoms with van der Waals surface area (Å²) in [6.45, 7) is 2.52. The zero-order valence-electron chi connectivity index (χ0n) is 18.9. The summed E-state index contributed by atoms with van der Waals surface area (Å²) in [5.74, 6) is -0.580. The SMILES string of the molecule is Cc1noc2nc(-c3ccc(F)cc3)cc(C(=O)N3CCC(NS(=O)(=O)c4ccccc4)CC3)c12. The second-order valence-corrected chi connectivity index (χ2v) is 10.2. The number of nitrogens with one attached hydrogen (secondary N) is 1. The van der Waals surface area contributed by atoms with E-state index in [0.717, 1.165) is 0 Å². The van der Waals surface area contributed by atoms with Crippen LogP contribution in [0.2, 0.25) is 0 Å². The number of rotatable bonds is 5. The third-order valence-electron chi connectivity index (χ3n) is 6.14. The van der Waals surface area contributed by atoms with Crippen LogP contribution in [0.1, 0.15) is 28.9 Å². The summed E-state index contributed by atoms with van der Waals surface area (Å²) in [6, 6.07) is 15.5. The molecule has 1 aliphatic rings. The number of carbonyl (C=O) groups is 1. The monoisotopic (exact) mass is 494 g/mol. The zero-order chi connectivity index (χ0) is 24.6. The molecule has 0 radical (unpaired) electrons. The fraction of sp³-hybridized carbons (Fsp3) is 0.240. The molecule has 4 aromatic rings. The van der Waals surface area contributed by atoms with E-state index in [9.17, 15) is 17.6 Å². The number of fused-ring (bicyclic) bond motifs is 1. The number of likely N-dealkylation sites (tertiary alicyclic amines) is 1. The molecule has 180 valence electrons. The summed E-state index contributed by atoms with van der Waals surface area (Å²) in [5, 5.41) is 4.50. The minimum Gasteiger partial charge on any atom is -0.339 e. The largest absolute Gasteiger partial charge is 0.339 e. The molecule has 3 heterocycles. The Labute approximate surface area is 201 Å². The lowest BCUT2D eigenvalue weighted by atomic mass is 10.0. The molecule has 35 heavy (non-hydrogen) atoms. The Bertz CT molecular complexity index is 1480. The van der Waals surface area contributed by atoms with Crippen molar-refractivity contribution in [1.29, 1.82) is 0 Å². The number of halogens is 1. The molecular formula is C25H23FN4O4S. The first-order valence-electron chi connectivity index (χ1n) is 11.2. The van der Waals surface area contributed by atoms with Crippen LogP contribution in [0, 0.1) is 12.7 Å². The minimum absolute atomic E-state index is 0.212. The Morgan fingerprint density at radius 1 is 1.09 bits per heavy atom. The molecule has 2 aromatic carbocycles. The lowest BCUT2D eigenvalue weighted by molar-refractivity contribution is 0.0713. The molecule has 0 bridgehead atoms. The predicted octanol–water partition coefficient (Wildman–Crippen LogP) is 3.92. The maximum absolute atomic E-state index is 13.5. The number of amides is 1.